The molecule has 1 aliphatic rings. The molecule has 0 fully saturated rings. The van der Waals surface area contributed by atoms with Crippen LogP contribution in [0.2, 0.25) is 0 Å². The highest BCUT2D eigenvalue weighted by Crippen LogP contribution is 2.48. The standard InChI is InChI=1S/C23H14BrN3O2/c24-14-5-3-4-12(10-14)18-19-16(9-8-13-11-25-27-21(13)19)26-22-15-6-1-2-7-17(15)29-23(28)20(18)22/h1-11,18,26H,(H,25,27). The second kappa shape index (κ2) is 6.06. The molecule has 3 aromatic carbocycles. The lowest BCUT2D eigenvalue weighted by atomic mass is 9.80. The van der Waals surface area contributed by atoms with Crippen LogP contribution in [-0.4, -0.2) is 10.2 Å². The van der Waals surface area contributed by atoms with Gasteiger partial charge in [-0.2, -0.15) is 5.10 Å². The number of benzene rings is 3. The fourth-order valence-electron chi connectivity index (χ4n) is 4.30. The number of fused-ring (bicyclic) bond motifs is 6. The molecule has 2 aromatic heterocycles. The number of anilines is 2. The fourth-order valence-corrected chi connectivity index (χ4v) is 4.72. The maximum Gasteiger partial charge on any atom is 0.342 e. The highest BCUT2D eigenvalue weighted by atomic mass is 79.9. The highest BCUT2D eigenvalue weighted by molar-refractivity contribution is 9.10. The van der Waals surface area contributed by atoms with Crippen molar-refractivity contribution in [1.82, 2.24) is 10.2 Å². The van der Waals surface area contributed by atoms with Gasteiger partial charge >= 0.3 is 5.63 Å². The first kappa shape index (κ1) is 16.6. The van der Waals surface area contributed by atoms with Crippen LogP contribution in [-0.2, 0) is 0 Å². The second-order valence-electron chi connectivity index (χ2n) is 7.15. The molecule has 1 aliphatic heterocycles. The van der Waals surface area contributed by atoms with Crippen LogP contribution >= 0.6 is 15.9 Å². The number of rotatable bonds is 1. The molecule has 0 saturated heterocycles. The quantitative estimate of drug-likeness (QED) is 0.321. The number of halogens is 1. The van der Waals surface area contributed by atoms with Gasteiger partial charge in [-0.1, -0.05) is 40.2 Å². The molecular weight excluding hydrogens is 430 g/mol. The Kier molecular flexibility index (Phi) is 3.46. The van der Waals surface area contributed by atoms with E-state index in [0.29, 0.717) is 11.1 Å². The Morgan fingerprint density at radius 3 is 2.79 bits per heavy atom. The van der Waals surface area contributed by atoms with E-state index in [4.69, 9.17) is 4.42 Å². The molecule has 6 heteroatoms. The summed E-state index contributed by atoms with van der Waals surface area (Å²) in [4.78, 5) is 13.2. The van der Waals surface area contributed by atoms with Crippen LogP contribution < -0.4 is 10.9 Å². The number of para-hydroxylation sites is 1. The Balaban J connectivity index is 1.77. The summed E-state index contributed by atoms with van der Waals surface area (Å²) in [5, 5.41) is 12.7. The smallest absolute Gasteiger partial charge is 0.342 e. The topological polar surface area (TPSA) is 70.9 Å². The minimum Gasteiger partial charge on any atom is -0.422 e. The molecule has 140 valence electrons. The van der Waals surface area contributed by atoms with E-state index in [9.17, 15) is 4.79 Å². The van der Waals surface area contributed by atoms with Gasteiger partial charge in [0.2, 0.25) is 0 Å². The third kappa shape index (κ3) is 2.39. The first-order chi connectivity index (χ1) is 14.2. The predicted octanol–water partition coefficient (Wildman–Crippen LogP) is 5.67. The summed E-state index contributed by atoms with van der Waals surface area (Å²) in [5.41, 5.74) is 5.51. The number of hydrogen-bond acceptors (Lipinski definition) is 4. The number of aromatic nitrogens is 2. The summed E-state index contributed by atoms with van der Waals surface area (Å²) in [6.07, 6.45) is 1.80. The van der Waals surface area contributed by atoms with E-state index in [2.05, 4.69) is 31.4 Å². The molecule has 0 amide bonds. The first-order valence-corrected chi connectivity index (χ1v) is 10.0. The van der Waals surface area contributed by atoms with E-state index in [1.54, 1.807) is 6.20 Å². The normalized spacial score (nSPS) is 15.1. The fraction of sp³-hybridized carbons (Fsp3) is 0.0435. The first-order valence-electron chi connectivity index (χ1n) is 9.25. The molecule has 1 atom stereocenters. The van der Waals surface area contributed by atoms with Crippen molar-refractivity contribution >= 4 is 49.2 Å². The molecule has 3 heterocycles. The molecule has 0 radical (unpaired) electrons. The maximum atomic E-state index is 13.2. The van der Waals surface area contributed by atoms with Crippen LogP contribution in [0.4, 0.5) is 11.4 Å². The SMILES string of the molecule is O=c1oc2ccccc2c2c1C(c1cccc(Br)c1)c1c(ccc3cn[nH]c13)N2. The Morgan fingerprint density at radius 2 is 1.90 bits per heavy atom. The monoisotopic (exact) mass is 443 g/mol. The largest absolute Gasteiger partial charge is 0.422 e. The summed E-state index contributed by atoms with van der Waals surface area (Å²) in [6.45, 7) is 0. The Labute approximate surface area is 173 Å². The van der Waals surface area contributed by atoms with Crippen molar-refractivity contribution < 1.29 is 4.42 Å². The van der Waals surface area contributed by atoms with Gasteiger partial charge in [-0.25, -0.2) is 4.79 Å². The molecule has 5 nitrogen and oxygen atoms in total. The number of aromatic amines is 1. The van der Waals surface area contributed by atoms with Crippen molar-refractivity contribution in [2.45, 2.75) is 5.92 Å². The van der Waals surface area contributed by atoms with Gasteiger partial charge in [0, 0.05) is 32.4 Å². The zero-order chi connectivity index (χ0) is 19.5. The Hall–Kier alpha value is -3.38. The van der Waals surface area contributed by atoms with Crippen LogP contribution in [0.15, 0.2) is 80.5 Å². The predicted molar refractivity (Wildman–Crippen MR) is 117 cm³/mol. The number of nitrogens with one attached hydrogen (secondary N) is 2. The molecule has 6 rings (SSSR count). The van der Waals surface area contributed by atoms with Gasteiger partial charge in [-0.3, -0.25) is 5.10 Å². The highest BCUT2D eigenvalue weighted by Gasteiger charge is 2.34. The van der Waals surface area contributed by atoms with E-state index in [-0.39, 0.29) is 11.5 Å². The van der Waals surface area contributed by atoms with Crippen molar-refractivity contribution in [2.24, 2.45) is 0 Å². The molecule has 2 N–H and O–H groups in total. The van der Waals surface area contributed by atoms with Crippen LogP contribution in [0.3, 0.4) is 0 Å². The van der Waals surface area contributed by atoms with E-state index in [0.717, 1.165) is 43.3 Å². The van der Waals surface area contributed by atoms with Gasteiger partial charge in [0.05, 0.1) is 23.0 Å². The summed E-state index contributed by atoms with van der Waals surface area (Å²) < 4.78 is 6.67. The maximum absolute atomic E-state index is 13.2. The average molecular weight is 444 g/mol. The van der Waals surface area contributed by atoms with Crippen molar-refractivity contribution in [3.8, 4) is 0 Å². The summed E-state index contributed by atoms with van der Waals surface area (Å²) >= 11 is 3.57. The van der Waals surface area contributed by atoms with E-state index in [1.807, 2.05) is 60.7 Å². The lowest BCUT2D eigenvalue weighted by Crippen LogP contribution is -2.22. The number of nitrogens with zero attached hydrogens (tertiary/aromatic N) is 1. The van der Waals surface area contributed by atoms with Crippen LogP contribution in [0.1, 0.15) is 22.6 Å². The molecular formula is C23H14BrN3O2. The molecule has 1 unspecified atom stereocenters. The van der Waals surface area contributed by atoms with Gasteiger partial charge in [0.1, 0.15) is 5.58 Å². The van der Waals surface area contributed by atoms with Gasteiger partial charge in [-0.15, -0.1) is 0 Å². The summed E-state index contributed by atoms with van der Waals surface area (Å²) in [5.74, 6) is -0.288. The molecule has 0 saturated carbocycles. The number of H-pyrrole nitrogens is 1. The lowest BCUT2D eigenvalue weighted by Gasteiger charge is -2.30. The van der Waals surface area contributed by atoms with E-state index >= 15 is 0 Å². The van der Waals surface area contributed by atoms with Gasteiger partial charge in [-0.05, 0) is 42.0 Å². The zero-order valence-electron chi connectivity index (χ0n) is 15.1. The number of hydrogen-bond donors (Lipinski definition) is 2. The summed E-state index contributed by atoms with van der Waals surface area (Å²) in [6, 6.07) is 19.7. The van der Waals surface area contributed by atoms with Crippen LogP contribution in [0.5, 0.6) is 0 Å². The Morgan fingerprint density at radius 1 is 1.00 bits per heavy atom. The van der Waals surface area contributed by atoms with Crippen LogP contribution in [0, 0.1) is 0 Å². The van der Waals surface area contributed by atoms with E-state index in [1.165, 1.54) is 0 Å². The van der Waals surface area contributed by atoms with Gasteiger partial charge < -0.3 is 9.73 Å². The average Bonchev–Trinajstić information content (AvgIpc) is 3.21. The third-order valence-electron chi connectivity index (χ3n) is 5.53. The Bertz CT molecular complexity index is 1490. The minimum absolute atomic E-state index is 0.288. The van der Waals surface area contributed by atoms with Gasteiger partial charge in [0.15, 0.2) is 0 Å². The second-order valence-corrected chi connectivity index (χ2v) is 8.06. The third-order valence-corrected chi connectivity index (χ3v) is 6.02. The molecule has 0 bridgehead atoms. The molecule has 5 aromatic rings. The van der Waals surface area contributed by atoms with Crippen molar-refractivity contribution in [3.05, 3.63) is 98.4 Å². The van der Waals surface area contributed by atoms with Crippen LogP contribution in [0.25, 0.3) is 21.9 Å². The van der Waals surface area contributed by atoms with Crippen molar-refractivity contribution in [1.29, 1.82) is 0 Å². The summed E-state index contributed by atoms with van der Waals surface area (Å²) in [7, 11) is 0. The lowest BCUT2D eigenvalue weighted by molar-refractivity contribution is 0.549. The molecule has 0 spiro atoms. The van der Waals surface area contributed by atoms with Crippen molar-refractivity contribution in [3.63, 3.8) is 0 Å². The molecule has 0 aliphatic carbocycles. The van der Waals surface area contributed by atoms with Gasteiger partial charge in [0.25, 0.3) is 0 Å². The zero-order valence-corrected chi connectivity index (χ0v) is 16.7. The van der Waals surface area contributed by atoms with Crippen molar-refractivity contribution in [2.75, 3.05) is 5.32 Å². The molecule has 29 heavy (non-hydrogen) atoms. The van der Waals surface area contributed by atoms with E-state index < -0.39 is 0 Å². The minimum atomic E-state index is -0.335.